The van der Waals surface area contributed by atoms with E-state index >= 15 is 0 Å². The number of hydrogen-bond donors (Lipinski definition) is 1. The van der Waals surface area contributed by atoms with Crippen molar-refractivity contribution in [2.24, 2.45) is 5.10 Å². The molecule has 0 aliphatic heterocycles. The smallest absolute Gasteiger partial charge is 0.267 e. The Balaban J connectivity index is 2.26. The second-order valence-electron chi connectivity index (χ2n) is 5.55. The molecule has 0 radical (unpaired) electrons. The maximum Gasteiger partial charge on any atom is 0.271 e. The predicted molar refractivity (Wildman–Crippen MR) is 93.4 cm³/mol. The van der Waals surface area contributed by atoms with Crippen LogP contribution in [0.5, 0.6) is 0 Å². The minimum atomic E-state index is -3.70. The highest BCUT2D eigenvalue weighted by Gasteiger charge is 2.19. The van der Waals surface area contributed by atoms with Gasteiger partial charge in [0.15, 0.2) is 0 Å². The van der Waals surface area contributed by atoms with Crippen LogP contribution in [0.4, 0.5) is 8.78 Å². The number of halogens is 2. The minimum absolute atomic E-state index is 0.0403. The van der Waals surface area contributed by atoms with Crippen molar-refractivity contribution in [2.45, 2.75) is 11.8 Å². The van der Waals surface area contributed by atoms with Gasteiger partial charge in [0, 0.05) is 19.7 Å². The summed E-state index contributed by atoms with van der Waals surface area (Å²) in [7, 11) is -0.953. The Morgan fingerprint density at radius 1 is 1.08 bits per heavy atom. The topological polar surface area (TPSA) is 78.8 Å². The van der Waals surface area contributed by atoms with Crippen molar-refractivity contribution < 1.29 is 22.0 Å². The number of nitrogens with zero attached hydrogens (tertiary/aromatic N) is 2. The first-order chi connectivity index (χ1) is 12.1. The molecule has 0 atom stereocenters. The fourth-order valence-corrected chi connectivity index (χ4v) is 3.06. The maximum absolute atomic E-state index is 13.7. The van der Waals surface area contributed by atoms with Gasteiger partial charge in [0.25, 0.3) is 5.91 Å². The molecule has 0 aliphatic rings. The molecule has 6 nitrogen and oxygen atoms in total. The van der Waals surface area contributed by atoms with Gasteiger partial charge in [-0.25, -0.2) is 26.9 Å². The van der Waals surface area contributed by atoms with Gasteiger partial charge in [0.05, 0.1) is 16.2 Å². The number of carbonyl (C=O) groups excluding carboxylic acids is 1. The third kappa shape index (κ3) is 4.12. The Morgan fingerprint density at radius 3 is 2.23 bits per heavy atom. The van der Waals surface area contributed by atoms with E-state index in [9.17, 15) is 22.0 Å². The zero-order valence-electron chi connectivity index (χ0n) is 14.3. The highest BCUT2D eigenvalue weighted by Crippen LogP contribution is 2.15. The first-order valence-electron chi connectivity index (χ1n) is 7.46. The third-order valence-electron chi connectivity index (χ3n) is 3.52. The Morgan fingerprint density at radius 2 is 1.65 bits per heavy atom. The lowest BCUT2D eigenvalue weighted by Gasteiger charge is -2.12. The molecule has 0 fully saturated rings. The fourth-order valence-electron chi connectivity index (χ4n) is 2.11. The highest BCUT2D eigenvalue weighted by molar-refractivity contribution is 7.89. The summed E-state index contributed by atoms with van der Waals surface area (Å²) in [5.74, 6) is -2.32. The minimum Gasteiger partial charge on any atom is -0.267 e. The number of nitrogens with one attached hydrogen (secondary N) is 1. The van der Waals surface area contributed by atoms with Crippen molar-refractivity contribution in [3.8, 4) is 0 Å². The van der Waals surface area contributed by atoms with Crippen molar-refractivity contribution in [1.82, 2.24) is 9.73 Å². The van der Waals surface area contributed by atoms with Gasteiger partial charge in [-0.2, -0.15) is 5.10 Å². The van der Waals surface area contributed by atoms with Gasteiger partial charge < -0.3 is 0 Å². The summed E-state index contributed by atoms with van der Waals surface area (Å²) in [5, 5.41) is 3.70. The van der Waals surface area contributed by atoms with Gasteiger partial charge in [-0.15, -0.1) is 0 Å². The number of benzene rings is 2. The van der Waals surface area contributed by atoms with Crippen LogP contribution in [-0.2, 0) is 10.0 Å². The molecule has 0 heterocycles. The molecular weight excluding hydrogens is 364 g/mol. The molecule has 2 rings (SSSR count). The average molecular weight is 381 g/mol. The SMILES string of the molecule is C/C(=N/NC(=O)c1cccc(S(=O)(=O)N(C)C)c1)c1c(F)cccc1F. The summed E-state index contributed by atoms with van der Waals surface area (Å²) in [4.78, 5) is 12.1. The number of amides is 1. The van der Waals surface area contributed by atoms with E-state index in [1.165, 1.54) is 51.4 Å². The average Bonchev–Trinajstić information content (AvgIpc) is 2.59. The molecule has 138 valence electrons. The van der Waals surface area contributed by atoms with Gasteiger partial charge in [-0.1, -0.05) is 12.1 Å². The first-order valence-corrected chi connectivity index (χ1v) is 8.90. The van der Waals surface area contributed by atoms with Crippen LogP contribution in [0.25, 0.3) is 0 Å². The molecule has 1 amide bonds. The van der Waals surface area contributed by atoms with Crippen LogP contribution in [0.3, 0.4) is 0 Å². The van der Waals surface area contributed by atoms with Gasteiger partial charge in [-0.05, 0) is 37.3 Å². The fraction of sp³-hybridized carbons (Fsp3) is 0.176. The van der Waals surface area contributed by atoms with E-state index in [0.29, 0.717) is 0 Å². The Hall–Kier alpha value is -2.65. The van der Waals surface area contributed by atoms with E-state index in [0.717, 1.165) is 16.4 Å². The van der Waals surface area contributed by atoms with E-state index < -0.39 is 27.6 Å². The predicted octanol–water partition coefficient (Wildman–Crippen LogP) is 2.37. The van der Waals surface area contributed by atoms with Crippen LogP contribution < -0.4 is 5.43 Å². The molecule has 0 aromatic heterocycles. The lowest BCUT2D eigenvalue weighted by Crippen LogP contribution is -2.24. The van der Waals surface area contributed by atoms with Crippen LogP contribution in [-0.4, -0.2) is 38.4 Å². The van der Waals surface area contributed by atoms with Gasteiger partial charge in [0.2, 0.25) is 10.0 Å². The van der Waals surface area contributed by atoms with Crippen LogP contribution in [0, 0.1) is 11.6 Å². The van der Waals surface area contributed by atoms with Gasteiger partial charge in [-0.3, -0.25) is 4.79 Å². The van der Waals surface area contributed by atoms with Crippen LogP contribution in [0.1, 0.15) is 22.8 Å². The summed E-state index contributed by atoms with van der Waals surface area (Å²) in [5.41, 5.74) is 1.79. The standard InChI is InChI=1S/C17H17F2N3O3S/c1-11(16-14(18)8-5-9-15(16)19)20-21-17(23)12-6-4-7-13(10-12)26(24,25)22(2)3/h4-10H,1-3H3,(H,21,23)/b20-11-. The van der Waals surface area contributed by atoms with Crippen molar-refractivity contribution in [2.75, 3.05) is 14.1 Å². The number of carbonyl (C=O) groups is 1. The van der Waals surface area contributed by atoms with Gasteiger partial charge in [0.1, 0.15) is 11.6 Å². The molecule has 0 saturated heterocycles. The normalized spacial score (nSPS) is 12.3. The first kappa shape index (κ1) is 19.7. The lowest BCUT2D eigenvalue weighted by atomic mass is 10.1. The van der Waals surface area contributed by atoms with E-state index in [1.54, 1.807) is 0 Å². The Kier molecular flexibility index (Phi) is 5.83. The molecule has 26 heavy (non-hydrogen) atoms. The van der Waals surface area contributed by atoms with Crippen molar-refractivity contribution in [3.63, 3.8) is 0 Å². The summed E-state index contributed by atoms with van der Waals surface area (Å²) >= 11 is 0. The van der Waals surface area contributed by atoms with Crippen LogP contribution in [0.2, 0.25) is 0 Å². The van der Waals surface area contributed by atoms with Crippen molar-refractivity contribution >= 4 is 21.6 Å². The van der Waals surface area contributed by atoms with Crippen molar-refractivity contribution in [1.29, 1.82) is 0 Å². The Bertz CT molecular complexity index is 953. The largest absolute Gasteiger partial charge is 0.271 e. The molecule has 1 N–H and O–H groups in total. The molecule has 9 heteroatoms. The number of hydrazone groups is 1. The summed E-state index contributed by atoms with van der Waals surface area (Å²) in [6.45, 7) is 1.34. The quantitative estimate of drug-likeness (QED) is 0.638. The van der Waals surface area contributed by atoms with Gasteiger partial charge >= 0.3 is 0 Å². The van der Waals surface area contributed by atoms with E-state index in [2.05, 4.69) is 10.5 Å². The second kappa shape index (κ2) is 7.71. The molecule has 0 aliphatic carbocycles. The lowest BCUT2D eigenvalue weighted by molar-refractivity contribution is 0.0954. The summed E-state index contributed by atoms with van der Waals surface area (Å²) < 4.78 is 52.7. The molecule has 2 aromatic carbocycles. The third-order valence-corrected chi connectivity index (χ3v) is 5.34. The van der Waals surface area contributed by atoms with E-state index in [-0.39, 0.29) is 21.7 Å². The molecule has 0 spiro atoms. The highest BCUT2D eigenvalue weighted by atomic mass is 32.2. The molecule has 0 bridgehead atoms. The zero-order chi connectivity index (χ0) is 19.5. The van der Waals surface area contributed by atoms with E-state index in [4.69, 9.17) is 0 Å². The summed E-state index contributed by atoms with van der Waals surface area (Å²) in [6, 6.07) is 8.74. The number of hydrogen-bond acceptors (Lipinski definition) is 4. The second-order valence-corrected chi connectivity index (χ2v) is 7.70. The molecule has 0 unspecified atom stereocenters. The summed E-state index contributed by atoms with van der Waals surface area (Å²) in [6.07, 6.45) is 0. The van der Waals surface area contributed by atoms with Crippen molar-refractivity contribution in [3.05, 3.63) is 65.2 Å². The molecule has 2 aromatic rings. The molecule has 0 saturated carbocycles. The number of sulfonamides is 1. The maximum atomic E-state index is 13.7. The number of rotatable bonds is 5. The van der Waals surface area contributed by atoms with Crippen LogP contribution >= 0.6 is 0 Å². The van der Waals surface area contributed by atoms with E-state index in [1.807, 2.05) is 0 Å². The monoisotopic (exact) mass is 381 g/mol. The zero-order valence-corrected chi connectivity index (χ0v) is 15.1. The Labute approximate surface area is 150 Å². The van der Waals surface area contributed by atoms with Crippen LogP contribution in [0.15, 0.2) is 52.5 Å². The molecular formula is C17H17F2N3O3S.